The fraction of sp³-hybridized carbons (Fsp3) is 0.818. The van der Waals surface area contributed by atoms with Gasteiger partial charge in [-0.05, 0) is 19.3 Å². The van der Waals surface area contributed by atoms with Crippen molar-refractivity contribution in [1.29, 1.82) is 0 Å². The van der Waals surface area contributed by atoms with Gasteiger partial charge in [-0.3, -0.25) is 4.57 Å². The summed E-state index contributed by atoms with van der Waals surface area (Å²) in [6.07, 6.45) is 5.13. The molecule has 1 aromatic rings. The molecule has 1 atom stereocenters. The van der Waals surface area contributed by atoms with Crippen LogP contribution >= 0.6 is 0 Å². The lowest BCUT2D eigenvalue weighted by Crippen LogP contribution is -2.33. The first-order chi connectivity index (χ1) is 7.72. The summed E-state index contributed by atoms with van der Waals surface area (Å²) in [5.41, 5.74) is 5.95. The normalized spacial score (nSPS) is 17.1. The van der Waals surface area contributed by atoms with Crippen molar-refractivity contribution in [3.05, 3.63) is 16.3 Å². The number of nitrogens with two attached hydrogens (primary N) is 1. The minimum absolute atomic E-state index is 0.0150. The second-order valence-corrected chi connectivity index (χ2v) is 4.54. The van der Waals surface area contributed by atoms with Gasteiger partial charge in [0.2, 0.25) is 0 Å². The molecule has 2 heterocycles. The zero-order valence-corrected chi connectivity index (χ0v) is 9.85. The third-order valence-corrected chi connectivity index (χ3v) is 3.10. The lowest BCUT2D eigenvalue weighted by atomic mass is 10.2. The molecule has 2 rings (SSSR count). The first-order valence-corrected chi connectivity index (χ1v) is 6.14. The molecule has 0 radical (unpaired) electrons. The Hall–Kier alpha value is -1.10. The number of hydrogen-bond donors (Lipinski definition) is 1. The van der Waals surface area contributed by atoms with E-state index >= 15 is 0 Å². The van der Waals surface area contributed by atoms with E-state index in [4.69, 9.17) is 5.73 Å². The van der Waals surface area contributed by atoms with E-state index in [2.05, 4.69) is 12.0 Å². The van der Waals surface area contributed by atoms with Crippen LogP contribution in [0.5, 0.6) is 0 Å². The van der Waals surface area contributed by atoms with Crippen molar-refractivity contribution in [3.8, 4) is 0 Å². The highest BCUT2D eigenvalue weighted by Gasteiger charge is 2.17. The quantitative estimate of drug-likeness (QED) is 0.810. The standard InChI is InChI=1S/C11H20N4O/c1-2-5-9(12)8-15-11(16)14-7-4-3-6-10(14)13-15/h9H,2-8,12H2,1H3. The van der Waals surface area contributed by atoms with Crippen LogP contribution in [0, 0.1) is 0 Å². The minimum Gasteiger partial charge on any atom is -0.326 e. The van der Waals surface area contributed by atoms with E-state index in [1.165, 1.54) is 0 Å². The smallest absolute Gasteiger partial charge is 0.326 e. The predicted octanol–water partition coefficient (Wildman–Crippen LogP) is 0.508. The molecule has 0 aliphatic carbocycles. The fourth-order valence-corrected chi connectivity index (χ4v) is 2.25. The predicted molar refractivity (Wildman–Crippen MR) is 62.3 cm³/mol. The summed E-state index contributed by atoms with van der Waals surface area (Å²) < 4.78 is 3.34. The van der Waals surface area contributed by atoms with Crippen molar-refractivity contribution >= 4 is 0 Å². The van der Waals surface area contributed by atoms with E-state index in [0.29, 0.717) is 6.54 Å². The molecule has 0 bridgehead atoms. The van der Waals surface area contributed by atoms with Crippen molar-refractivity contribution in [3.63, 3.8) is 0 Å². The fourth-order valence-electron chi connectivity index (χ4n) is 2.25. The maximum Gasteiger partial charge on any atom is 0.345 e. The molecule has 1 aliphatic heterocycles. The third kappa shape index (κ3) is 2.19. The van der Waals surface area contributed by atoms with Crippen LogP contribution in [-0.2, 0) is 19.5 Å². The minimum atomic E-state index is 0.0150. The molecule has 0 spiro atoms. The van der Waals surface area contributed by atoms with Crippen molar-refractivity contribution in [2.75, 3.05) is 0 Å². The summed E-state index contributed by atoms with van der Waals surface area (Å²) in [5, 5.41) is 4.36. The zero-order valence-electron chi connectivity index (χ0n) is 9.85. The van der Waals surface area contributed by atoms with Gasteiger partial charge in [0.25, 0.3) is 0 Å². The Morgan fingerprint density at radius 1 is 1.50 bits per heavy atom. The second kappa shape index (κ2) is 4.82. The van der Waals surface area contributed by atoms with Gasteiger partial charge >= 0.3 is 5.69 Å². The number of rotatable bonds is 4. The first kappa shape index (κ1) is 11.4. The molecular weight excluding hydrogens is 204 g/mol. The highest BCUT2D eigenvalue weighted by Crippen LogP contribution is 2.09. The summed E-state index contributed by atoms with van der Waals surface area (Å²) in [4.78, 5) is 12.0. The summed E-state index contributed by atoms with van der Waals surface area (Å²) in [5.74, 6) is 0.931. The van der Waals surface area contributed by atoms with E-state index in [-0.39, 0.29) is 11.7 Å². The van der Waals surface area contributed by atoms with Gasteiger partial charge in [0.05, 0.1) is 6.54 Å². The average Bonchev–Trinajstić information content (AvgIpc) is 2.57. The maximum absolute atomic E-state index is 12.0. The van der Waals surface area contributed by atoms with E-state index in [1.807, 2.05) is 0 Å². The van der Waals surface area contributed by atoms with E-state index in [9.17, 15) is 4.79 Å². The number of fused-ring (bicyclic) bond motifs is 1. The Kier molecular flexibility index (Phi) is 3.43. The molecule has 1 aliphatic rings. The summed E-state index contributed by atoms with van der Waals surface area (Å²) in [7, 11) is 0. The van der Waals surface area contributed by atoms with Crippen LogP contribution in [0.1, 0.15) is 38.4 Å². The van der Waals surface area contributed by atoms with E-state index in [0.717, 1.165) is 44.5 Å². The van der Waals surface area contributed by atoms with Crippen LogP contribution in [-0.4, -0.2) is 20.4 Å². The summed E-state index contributed by atoms with van der Waals surface area (Å²) in [6.45, 7) is 3.46. The molecule has 1 unspecified atom stereocenters. The Bertz CT molecular complexity index is 407. The number of nitrogens with zero attached hydrogens (tertiary/aromatic N) is 3. The second-order valence-electron chi connectivity index (χ2n) is 4.54. The Morgan fingerprint density at radius 2 is 2.31 bits per heavy atom. The monoisotopic (exact) mass is 224 g/mol. The van der Waals surface area contributed by atoms with Gasteiger partial charge < -0.3 is 5.73 Å². The summed E-state index contributed by atoms with van der Waals surface area (Å²) in [6, 6.07) is 0.0413. The van der Waals surface area contributed by atoms with Crippen LogP contribution in [0.3, 0.4) is 0 Å². The highest BCUT2D eigenvalue weighted by atomic mass is 16.2. The molecule has 2 N–H and O–H groups in total. The SMILES string of the molecule is CCCC(N)Cn1nc2n(c1=O)CCCC2. The molecule has 5 nitrogen and oxygen atoms in total. The van der Waals surface area contributed by atoms with Gasteiger partial charge in [-0.15, -0.1) is 0 Å². The third-order valence-electron chi connectivity index (χ3n) is 3.10. The van der Waals surface area contributed by atoms with E-state index in [1.54, 1.807) is 9.25 Å². The van der Waals surface area contributed by atoms with Crippen LogP contribution in [0.4, 0.5) is 0 Å². The topological polar surface area (TPSA) is 65.8 Å². The molecule has 0 amide bonds. The van der Waals surface area contributed by atoms with Crippen molar-refractivity contribution in [2.24, 2.45) is 5.73 Å². The molecule has 16 heavy (non-hydrogen) atoms. The molecule has 1 aromatic heterocycles. The van der Waals surface area contributed by atoms with Crippen LogP contribution in [0.15, 0.2) is 4.79 Å². The average molecular weight is 224 g/mol. The van der Waals surface area contributed by atoms with Crippen LogP contribution in [0.25, 0.3) is 0 Å². The van der Waals surface area contributed by atoms with Gasteiger partial charge in [0.15, 0.2) is 0 Å². The van der Waals surface area contributed by atoms with Crippen molar-refractivity contribution in [1.82, 2.24) is 14.3 Å². The number of hydrogen-bond acceptors (Lipinski definition) is 3. The molecular formula is C11H20N4O. The lowest BCUT2D eigenvalue weighted by Gasteiger charge is -2.09. The van der Waals surface area contributed by atoms with Gasteiger partial charge in [-0.25, -0.2) is 9.48 Å². The maximum atomic E-state index is 12.0. The first-order valence-electron chi connectivity index (χ1n) is 6.14. The van der Waals surface area contributed by atoms with Gasteiger partial charge in [-0.2, -0.15) is 5.10 Å². The molecule has 0 aromatic carbocycles. The van der Waals surface area contributed by atoms with Gasteiger partial charge in [0.1, 0.15) is 5.82 Å². The van der Waals surface area contributed by atoms with Crippen LogP contribution < -0.4 is 11.4 Å². The summed E-state index contributed by atoms with van der Waals surface area (Å²) >= 11 is 0. The van der Waals surface area contributed by atoms with Crippen molar-refractivity contribution < 1.29 is 0 Å². The Morgan fingerprint density at radius 3 is 3.00 bits per heavy atom. The molecule has 90 valence electrons. The number of aromatic nitrogens is 3. The molecule has 0 saturated carbocycles. The molecule has 5 heteroatoms. The number of aryl methyl sites for hydroxylation is 1. The largest absolute Gasteiger partial charge is 0.345 e. The van der Waals surface area contributed by atoms with Gasteiger partial charge in [0, 0.05) is 19.0 Å². The van der Waals surface area contributed by atoms with Crippen molar-refractivity contribution in [2.45, 2.75) is 58.2 Å². The van der Waals surface area contributed by atoms with Gasteiger partial charge in [-0.1, -0.05) is 13.3 Å². The highest BCUT2D eigenvalue weighted by molar-refractivity contribution is 4.91. The van der Waals surface area contributed by atoms with Crippen LogP contribution in [0.2, 0.25) is 0 Å². The molecule has 0 saturated heterocycles. The Balaban J connectivity index is 2.16. The van der Waals surface area contributed by atoms with E-state index < -0.39 is 0 Å². The zero-order chi connectivity index (χ0) is 11.5. The lowest BCUT2D eigenvalue weighted by molar-refractivity contribution is 0.465. The molecule has 0 fully saturated rings. The Labute approximate surface area is 95.2 Å².